The molecule has 5 nitrogen and oxygen atoms in total. The van der Waals surface area contributed by atoms with Crippen LogP contribution in [0.2, 0.25) is 0 Å². The zero-order valence-corrected chi connectivity index (χ0v) is 10.7. The molecule has 1 aromatic rings. The largest absolute Gasteiger partial charge is 0.496 e. The quantitative estimate of drug-likeness (QED) is 0.596. The summed E-state index contributed by atoms with van der Waals surface area (Å²) in [7, 11) is 5.33. The first-order valence-corrected chi connectivity index (χ1v) is 5.10. The van der Waals surface area contributed by atoms with Gasteiger partial charge in [0.1, 0.15) is 11.6 Å². The molecule has 1 aromatic carbocycles. The van der Waals surface area contributed by atoms with Crippen LogP contribution in [0.4, 0.5) is 4.39 Å². The minimum atomic E-state index is -0.911. The standard InChI is InChI=1S/C12H15FO5/c1-15-9-6-7(11(14)16-2)5-8(13)10(9)12(17-3)18-4/h5-6,12H,1-4H3. The molecule has 0 saturated carbocycles. The lowest BCUT2D eigenvalue weighted by Gasteiger charge is -2.18. The first-order chi connectivity index (χ1) is 8.58. The lowest BCUT2D eigenvalue weighted by atomic mass is 10.1. The SMILES string of the molecule is COC(=O)c1cc(F)c(C(OC)OC)c(OC)c1. The number of rotatable bonds is 5. The second-order valence-electron chi connectivity index (χ2n) is 3.37. The lowest BCUT2D eigenvalue weighted by Crippen LogP contribution is -2.11. The molecule has 0 fully saturated rings. The maximum atomic E-state index is 14.0. The van der Waals surface area contributed by atoms with Crippen LogP contribution in [0.25, 0.3) is 0 Å². The number of halogens is 1. The van der Waals surface area contributed by atoms with E-state index >= 15 is 0 Å². The highest BCUT2D eigenvalue weighted by molar-refractivity contribution is 5.90. The van der Waals surface area contributed by atoms with Gasteiger partial charge in [-0.25, -0.2) is 9.18 Å². The van der Waals surface area contributed by atoms with Gasteiger partial charge < -0.3 is 18.9 Å². The molecule has 6 heteroatoms. The van der Waals surface area contributed by atoms with E-state index in [1.54, 1.807) is 0 Å². The summed E-state index contributed by atoms with van der Waals surface area (Å²) in [5, 5.41) is 0. The number of benzene rings is 1. The van der Waals surface area contributed by atoms with E-state index in [2.05, 4.69) is 4.74 Å². The van der Waals surface area contributed by atoms with E-state index in [4.69, 9.17) is 14.2 Å². The van der Waals surface area contributed by atoms with E-state index in [1.807, 2.05) is 0 Å². The third-order valence-electron chi connectivity index (χ3n) is 2.40. The molecule has 0 heterocycles. The molecule has 0 amide bonds. The Hall–Kier alpha value is -1.66. The van der Waals surface area contributed by atoms with Crippen molar-refractivity contribution >= 4 is 5.97 Å². The summed E-state index contributed by atoms with van der Waals surface area (Å²) in [5.74, 6) is -1.15. The van der Waals surface area contributed by atoms with Gasteiger partial charge >= 0.3 is 5.97 Å². The highest BCUT2D eigenvalue weighted by Gasteiger charge is 2.23. The second-order valence-corrected chi connectivity index (χ2v) is 3.37. The number of carbonyl (C=O) groups excluding carboxylic acids is 1. The lowest BCUT2D eigenvalue weighted by molar-refractivity contribution is -0.108. The maximum absolute atomic E-state index is 14.0. The molecule has 0 radical (unpaired) electrons. The number of methoxy groups -OCH3 is 4. The topological polar surface area (TPSA) is 54.0 Å². The van der Waals surface area contributed by atoms with Crippen molar-refractivity contribution in [1.82, 2.24) is 0 Å². The Labute approximate surface area is 104 Å². The Bertz CT molecular complexity index is 429. The number of hydrogen-bond acceptors (Lipinski definition) is 5. The third-order valence-corrected chi connectivity index (χ3v) is 2.40. The van der Waals surface area contributed by atoms with Crippen molar-refractivity contribution in [2.45, 2.75) is 6.29 Å². The molecule has 18 heavy (non-hydrogen) atoms. The number of carbonyl (C=O) groups is 1. The fourth-order valence-corrected chi connectivity index (χ4v) is 1.56. The molecule has 0 saturated heterocycles. The Kier molecular flexibility index (Phi) is 5.06. The predicted octanol–water partition coefficient (Wildman–Crippen LogP) is 1.91. The molecule has 1 rings (SSSR count). The van der Waals surface area contributed by atoms with Gasteiger partial charge in [0.15, 0.2) is 6.29 Å². The fourth-order valence-electron chi connectivity index (χ4n) is 1.56. The molecule has 100 valence electrons. The number of ether oxygens (including phenoxy) is 4. The molecule has 0 atom stereocenters. The molecule has 0 N–H and O–H groups in total. The van der Waals surface area contributed by atoms with Crippen molar-refractivity contribution in [3.05, 3.63) is 29.1 Å². The van der Waals surface area contributed by atoms with Gasteiger partial charge in [-0.15, -0.1) is 0 Å². The van der Waals surface area contributed by atoms with Gasteiger partial charge in [-0.2, -0.15) is 0 Å². The van der Waals surface area contributed by atoms with Gasteiger partial charge in [0.05, 0.1) is 25.3 Å². The van der Waals surface area contributed by atoms with Crippen molar-refractivity contribution in [2.24, 2.45) is 0 Å². The molecule has 0 aliphatic rings. The van der Waals surface area contributed by atoms with E-state index in [-0.39, 0.29) is 16.9 Å². The van der Waals surface area contributed by atoms with Gasteiger partial charge in [0.2, 0.25) is 0 Å². The van der Waals surface area contributed by atoms with Crippen molar-refractivity contribution in [1.29, 1.82) is 0 Å². The van der Waals surface area contributed by atoms with E-state index in [0.717, 1.165) is 6.07 Å². The van der Waals surface area contributed by atoms with Crippen LogP contribution in [0, 0.1) is 5.82 Å². The summed E-state index contributed by atoms with van der Waals surface area (Å²) < 4.78 is 33.5. The van der Waals surface area contributed by atoms with E-state index in [9.17, 15) is 9.18 Å². The minimum Gasteiger partial charge on any atom is -0.496 e. The van der Waals surface area contributed by atoms with Gasteiger partial charge in [0.25, 0.3) is 0 Å². The van der Waals surface area contributed by atoms with Gasteiger partial charge in [-0.05, 0) is 12.1 Å². The summed E-state index contributed by atoms with van der Waals surface area (Å²) in [5.41, 5.74) is 0.150. The molecule has 0 unspecified atom stereocenters. The van der Waals surface area contributed by atoms with Crippen LogP contribution in [0.3, 0.4) is 0 Å². The van der Waals surface area contributed by atoms with Crippen LogP contribution in [-0.4, -0.2) is 34.4 Å². The van der Waals surface area contributed by atoms with Crippen LogP contribution in [0.15, 0.2) is 12.1 Å². The first-order valence-electron chi connectivity index (χ1n) is 5.10. The number of esters is 1. The summed E-state index contributed by atoms with van der Waals surface area (Å²) in [4.78, 5) is 11.3. The Morgan fingerprint density at radius 3 is 2.22 bits per heavy atom. The van der Waals surface area contributed by atoms with E-state index in [1.165, 1.54) is 34.5 Å². The Morgan fingerprint density at radius 1 is 1.17 bits per heavy atom. The van der Waals surface area contributed by atoms with E-state index in [0.29, 0.717) is 0 Å². The van der Waals surface area contributed by atoms with E-state index < -0.39 is 18.1 Å². The Balaban J connectivity index is 3.32. The van der Waals surface area contributed by atoms with Gasteiger partial charge in [-0.1, -0.05) is 0 Å². The normalized spacial score (nSPS) is 10.6. The Morgan fingerprint density at radius 2 is 1.78 bits per heavy atom. The average molecular weight is 258 g/mol. The van der Waals surface area contributed by atoms with Crippen LogP contribution >= 0.6 is 0 Å². The zero-order valence-electron chi connectivity index (χ0n) is 10.7. The molecule has 0 spiro atoms. The summed E-state index contributed by atoms with van der Waals surface area (Å²) in [6.45, 7) is 0. The summed E-state index contributed by atoms with van der Waals surface area (Å²) in [6.07, 6.45) is -0.911. The summed E-state index contributed by atoms with van der Waals surface area (Å²) >= 11 is 0. The van der Waals surface area contributed by atoms with Crippen molar-refractivity contribution in [2.75, 3.05) is 28.4 Å². The minimum absolute atomic E-state index is 0.0570. The monoisotopic (exact) mass is 258 g/mol. The third kappa shape index (κ3) is 2.77. The predicted molar refractivity (Wildman–Crippen MR) is 61.1 cm³/mol. The van der Waals surface area contributed by atoms with Crippen molar-refractivity contribution < 1.29 is 28.1 Å². The summed E-state index contributed by atoms with van der Waals surface area (Å²) in [6, 6.07) is 2.42. The van der Waals surface area contributed by atoms with Crippen LogP contribution in [-0.2, 0) is 14.2 Å². The van der Waals surface area contributed by atoms with Gasteiger partial charge in [-0.3, -0.25) is 0 Å². The molecule has 0 bridgehead atoms. The van der Waals surface area contributed by atoms with Crippen LogP contribution in [0.1, 0.15) is 22.2 Å². The molecule has 0 aliphatic carbocycles. The second kappa shape index (κ2) is 6.32. The molecule has 0 aromatic heterocycles. The van der Waals surface area contributed by atoms with Crippen LogP contribution in [0.5, 0.6) is 5.75 Å². The van der Waals surface area contributed by atoms with Crippen LogP contribution < -0.4 is 4.74 Å². The molecule has 0 aliphatic heterocycles. The van der Waals surface area contributed by atoms with Crippen molar-refractivity contribution in [3.63, 3.8) is 0 Å². The zero-order chi connectivity index (χ0) is 13.7. The van der Waals surface area contributed by atoms with Crippen molar-refractivity contribution in [3.8, 4) is 5.75 Å². The molecular weight excluding hydrogens is 243 g/mol. The number of hydrogen-bond donors (Lipinski definition) is 0. The molecular formula is C12H15FO5. The smallest absolute Gasteiger partial charge is 0.338 e. The fraction of sp³-hybridized carbons (Fsp3) is 0.417. The maximum Gasteiger partial charge on any atom is 0.338 e. The van der Waals surface area contributed by atoms with Gasteiger partial charge in [0, 0.05) is 14.2 Å². The first kappa shape index (κ1) is 14.4. The highest BCUT2D eigenvalue weighted by atomic mass is 19.1. The average Bonchev–Trinajstić information content (AvgIpc) is 2.40. The highest BCUT2D eigenvalue weighted by Crippen LogP contribution is 2.31.